The van der Waals surface area contributed by atoms with Crippen molar-refractivity contribution in [1.82, 2.24) is 15.0 Å². The second-order valence-electron chi connectivity index (χ2n) is 17.7. The molecule has 0 saturated heterocycles. The summed E-state index contributed by atoms with van der Waals surface area (Å²) in [6.45, 7) is 22.8. The van der Waals surface area contributed by atoms with Gasteiger partial charge < -0.3 is 14.4 Å². The van der Waals surface area contributed by atoms with E-state index in [9.17, 15) is 0 Å². The molecule has 1 fully saturated rings. The standard InChI is InChI=1S/C25H36NSi.C22H21N2O.Ir/c1-25(2,3)17-22-16-23(26-18-24(22)27(4,5)6)21-14-12-20(13-15-21)19-10-8-7-9-11-19;1-13(2)10-16-11-20(23-12-14(16)3)19-7-5-6-17-18-9-8-15(4)24-22(18)25-21(17)19;/h12-14,16,18-19H,7-11,17H2,1-6H3;5-6,8-9,11-13H,10H2,1-4H3;/q2*-1;. The molecule has 0 N–H and O–H groups in total. The third-order valence-electron chi connectivity index (χ3n) is 10.2. The van der Waals surface area contributed by atoms with Crippen molar-refractivity contribution in [2.45, 2.75) is 119 Å². The van der Waals surface area contributed by atoms with Crippen molar-refractivity contribution in [2.24, 2.45) is 11.3 Å². The first-order valence-corrected chi connectivity index (χ1v) is 22.8. The van der Waals surface area contributed by atoms with Crippen LogP contribution in [0.2, 0.25) is 19.6 Å². The Bertz CT molecular complexity index is 2150. The minimum atomic E-state index is -1.41. The molecule has 1 radical (unpaired) electrons. The third kappa shape index (κ3) is 10.0. The molecule has 6 heteroatoms. The summed E-state index contributed by atoms with van der Waals surface area (Å²) in [5, 5.41) is 3.59. The van der Waals surface area contributed by atoms with E-state index in [0.717, 1.165) is 63.3 Å². The third-order valence-corrected chi connectivity index (χ3v) is 12.3. The van der Waals surface area contributed by atoms with Crippen LogP contribution in [0.25, 0.3) is 44.6 Å². The van der Waals surface area contributed by atoms with Gasteiger partial charge in [-0.25, -0.2) is 4.98 Å². The second kappa shape index (κ2) is 16.9. The molecule has 0 atom stereocenters. The first-order valence-electron chi connectivity index (χ1n) is 19.3. The maximum absolute atomic E-state index is 6.09. The van der Waals surface area contributed by atoms with E-state index in [4.69, 9.17) is 9.40 Å². The summed E-state index contributed by atoms with van der Waals surface area (Å²) in [6, 6.07) is 26.2. The first kappa shape index (κ1) is 40.7. The molecule has 2 aromatic carbocycles. The van der Waals surface area contributed by atoms with E-state index in [0.29, 0.717) is 11.6 Å². The number of fused-ring (bicyclic) bond motifs is 3. The molecule has 6 aromatic rings. The predicted molar refractivity (Wildman–Crippen MR) is 222 cm³/mol. The number of hydrogen-bond donors (Lipinski definition) is 0. The van der Waals surface area contributed by atoms with Gasteiger partial charge in [-0.3, -0.25) is 0 Å². The van der Waals surface area contributed by atoms with Gasteiger partial charge in [0.25, 0.3) is 0 Å². The molecule has 1 aliphatic carbocycles. The van der Waals surface area contributed by atoms with Gasteiger partial charge in [-0.2, -0.15) is 0 Å². The van der Waals surface area contributed by atoms with Crippen LogP contribution in [0.5, 0.6) is 0 Å². The van der Waals surface area contributed by atoms with Crippen molar-refractivity contribution in [2.75, 3.05) is 0 Å². The van der Waals surface area contributed by atoms with Gasteiger partial charge in [0.15, 0.2) is 0 Å². The first-order chi connectivity index (χ1) is 24.7. The zero-order valence-electron chi connectivity index (χ0n) is 33.5. The second-order valence-corrected chi connectivity index (χ2v) is 22.7. The zero-order chi connectivity index (χ0) is 37.2. The molecular formula is C47H57IrN3OSi-2. The normalized spacial score (nSPS) is 13.9. The van der Waals surface area contributed by atoms with Gasteiger partial charge >= 0.3 is 0 Å². The van der Waals surface area contributed by atoms with Crippen LogP contribution in [0.3, 0.4) is 0 Å². The van der Waals surface area contributed by atoms with Crippen molar-refractivity contribution < 1.29 is 24.5 Å². The Labute approximate surface area is 333 Å². The minimum absolute atomic E-state index is 0. The maximum Gasteiger partial charge on any atom is 0.216 e. The molecule has 4 aromatic heterocycles. The number of nitrogens with zero attached hydrogens (tertiary/aromatic N) is 3. The molecule has 1 aliphatic rings. The summed E-state index contributed by atoms with van der Waals surface area (Å²) in [5.41, 5.74) is 12.2. The molecule has 4 nitrogen and oxygen atoms in total. The SMILES string of the molecule is CC(C)(C)Cc1cc(-c2[c-]cc(C3CCCCC3)cc2)ncc1[Si](C)(C)C.Cc1ccc2c(n1)oc1c(-c3cc(CC(C)C)c(C)cn3)[c-]ccc12.[Ir]. The van der Waals surface area contributed by atoms with Crippen molar-refractivity contribution in [1.29, 1.82) is 0 Å². The van der Waals surface area contributed by atoms with E-state index in [1.54, 1.807) is 0 Å². The molecular weight excluding hydrogens is 843 g/mol. The van der Waals surface area contributed by atoms with Crippen molar-refractivity contribution in [3.63, 3.8) is 0 Å². The fourth-order valence-corrected chi connectivity index (χ4v) is 9.17. The van der Waals surface area contributed by atoms with E-state index in [2.05, 4.69) is 126 Å². The van der Waals surface area contributed by atoms with E-state index >= 15 is 0 Å². The van der Waals surface area contributed by atoms with E-state index in [-0.39, 0.29) is 25.5 Å². The molecule has 0 bridgehead atoms. The number of benzene rings is 2. The Balaban J connectivity index is 0.000000201. The Morgan fingerprint density at radius 3 is 2.23 bits per heavy atom. The molecule has 1 saturated carbocycles. The molecule has 0 spiro atoms. The quantitative estimate of drug-likeness (QED) is 0.118. The Hall–Kier alpha value is -3.44. The molecule has 281 valence electrons. The minimum Gasteiger partial charge on any atom is -0.486 e. The number of furan rings is 1. The summed E-state index contributed by atoms with van der Waals surface area (Å²) >= 11 is 0. The summed E-state index contributed by atoms with van der Waals surface area (Å²) in [7, 11) is -1.41. The van der Waals surface area contributed by atoms with Gasteiger partial charge in [0.1, 0.15) is 0 Å². The summed E-state index contributed by atoms with van der Waals surface area (Å²) in [6.07, 6.45) is 13.1. The van der Waals surface area contributed by atoms with Crippen LogP contribution in [0, 0.1) is 37.3 Å². The summed E-state index contributed by atoms with van der Waals surface area (Å²) in [5.74, 6) is 1.34. The number of aryl methyl sites for hydroxylation is 2. The number of hydrogen-bond acceptors (Lipinski definition) is 4. The van der Waals surface area contributed by atoms with Crippen LogP contribution in [0.15, 0.2) is 71.4 Å². The van der Waals surface area contributed by atoms with E-state index in [1.807, 2.05) is 31.3 Å². The predicted octanol–water partition coefficient (Wildman–Crippen LogP) is 12.4. The average Bonchev–Trinajstić information content (AvgIpc) is 3.46. The van der Waals surface area contributed by atoms with Gasteiger partial charge in [-0.15, -0.1) is 53.6 Å². The molecule has 0 aliphatic heterocycles. The molecule has 7 rings (SSSR count). The van der Waals surface area contributed by atoms with E-state index in [1.165, 1.54) is 59.5 Å². The van der Waals surface area contributed by atoms with Crippen LogP contribution in [-0.2, 0) is 32.9 Å². The van der Waals surface area contributed by atoms with Crippen LogP contribution in [-0.4, -0.2) is 23.0 Å². The van der Waals surface area contributed by atoms with Crippen LogP contribution >= 0.6 is 0 Å². The summed E-state index contributed by atoms with van der Waals surface area (Å²) < 4.78 is 6.09. The van der Waals surface area contributed by atoms with Crippen molar-refractivity contribution in [3.05, 3.63) is 107 Å². The topological polar surface area (TPSA) is 51.8 Å². The van der Waals surface area contributed by atoms with Gasteiger partial charge in [0.05, 0.1) is 13.7 Å². The van der Waals surface area contributed by atoms with Crippen molar-refractivity contribution in [3.8, 4) is 22.5 Å². The maximum atomic E-state index is 6.09. The average molecular weight is 900 g/mol. The number of pyridine rings is 3. The van der Waals surface area contributed by atoms with Gasteiger partial charge in [0, 0.05) is 43.6 Å². The molecule has 53 heavy (non-hydrogen) atoms. The fourth-order valence-electron chi connectivity index (χ4n) is 7.59. The smallest absolute Gasteiger partial charge is 0.216 e. The molecule has 0 unspecified atom stereocenters. The Morgan fingerprint density at radius 1 is 0.849 bits per heavy atom. The number of aromatic nitrogens is 3. The van der Waals surface area contributed by atoms with Crippen LogP contribution < -0.4 is 5.19 Å². The molecule has 4 heterocycles. The monoisotopic (exact) mass is 900 g/mol. The molecule has 0 amide bonds. The Kier molecular flexibility index (Phi) is 13.0. The summed E-state index contributed by atoms with van der Waals surface area (Å²) in [4.78, 5) is 14.0. The van der Waals surface area contributed by atoms with Crippen LogP contribution in [0.4, 0.5) is 0 Å². The van der Waals surface area contributed by atoms with Crippen molar-refractivity contribution >= 4 is 35.3 Å². The van der Waals surface area contributed by atoms with Crippen LogP contribution in [0.1, 0.15) is 101 Å². The fraction of sp³-hybridized carbons (Fsp3) is 0.426. The van der Waals surface area contributed by atoms with E-state index < -0.39 is 8.07 Å². The van der Waals surface area contributed by atoms with Gasteiger partial charge in [0.2, 0.25) is 5.71 Å². The number of rotatable bonds is 7. The Morgan fingerprint density at radius 2 is 1.57 bits per heavy atom. The zero-order valence-corrected chi connectivity index (χ0v) is 36.9. The largest absolute Gasteiger partial charge is 0.486 e. The van der Waals surface area contributed by atoms with Gasteiger partial charge in [-0.05, 0) is 72.3 Å². The van der Waals surface area contributed by atoms with Gasteiger partial charge in [-0.1, -0.05) is 126 Å².